The summed E-state index contributed by atoms with van der Waals surface area (Å²) in [6.07, 6.45) is 3.76. The predicted molar refractivity (Wildman–Crippen MR) is 148 cm³/mol. The lowest BCUT2D eigenvalue weighted by molar-refractivity contribution is 0.399. The van der Waals surface area contributed by atoms with Crippen LogP contribution < -0.4 is 14.8 Å². The lowest BCUT2D eigenvalue weighted by Crippen LogP contribution is -2.15. The minimum absolute atomic E-state index is 0.676. The zero-order valence-corrected chi connectivity index (χ0v) is 22.3. The summed E-state index contributed by atoms with van der Waals surface area (Å²) < 4.78 is 10.4. The monoisotopic (exact) mass is 476 g/mol. The van der Waals surface area contributed by atoms with Gasteiger partial charge in [-0.25, -0.2) is 4.98 Å². The third-order valence-electron chi connectivity index (χ3n) is 5.49. The highest BCUT2D eigenvalue weighted by atomic mass is 16.5. The van der Waals surface area contributed by atoms with Crippen molar-refractivity contribution in [1.82, 2.24) is 20.2 Å². The first-order valence-corrected chi connectivity index (χ1v) is 12.2. The van der Waals surface area contributed by atoms with Gasteiger partial charge in [-0.15, -0.1) is 0 Å². The largest absolute Gasteiger partial charge is 0.495 e. The molecule has 35 heavy (non-hydrogen) atoms. The van der Waals surface area contributed by atoms with E-state index in [0.29, 0.717) is 5.88 Å². The minimum atomic E-state index is 0.676. The van der Waals surface area contributed by atoms with Crippen LogP contribution in [-0.2, 0) is 12.8 Å². The normalized spacial score (nSPS) is 10.4. The molecule has 0 atom stereocenters. The van der Waals surface area contributed by atoms with Crippen LogP contribution in [0.4, 0.5) is 0 Å². The second kappa shape index (κ2) is 14.9. The molecule has 0 spiro atoms. The average Bonchev–Trinajstić information content (AvgIpc) is 2.91. The summed E-state index contributed by atoms with van der Waals surface area (Å²) in [5, 5.41) is 5.50. The fraction of sp³-hybridized carbons (Fsp3) is 0.379. The topological polar surface area (TPSA) is 59.5 Å². The maximum atomic E-state index is 5.20. The molecule has 4 aromatic rings. The van der Waals surface area contributed by atoms with Gasteiger partial charge in [0, 0.05) is 23.4 Å². The van der Waals surface area contributed by atoms with Crippen molar-refractivity contribution in [2.24, 2.45) is 0 Å². The highest BCUT2D eigenvalue weighted by molar-refractivity contribution is 5.83. The number of nitrogens with one attached hydrogen (secondary N) is 1. The SMILES string of the molecule is CC.CNCCc1cccc2ncc(OC)cc12.COc1ccc2cccc(CCN(C)C)c2n1. The third-order valence-corrected chi connectivity index (χ3v) is 5.49. The molecule has 0 saturated carbocycles. The van der Waals surface area contributed by atoms with Crippen LogP contribution in [-0.4, -0.2) is 63.3 Å². The van der Waals surface area contributed by atoms with E-state index in [4.69, 9.17) is 9.47 Å². The van der Waals surface area contributed by atoms with E-state index in [9.17, 15) is 0 Å². The van der Waals surface area contributed by atoms with E-state index < -0.39 is 0 Å². The summed E-state index contributed by atoms with van der Waals surface area (Å²) >= 11 is 0. The fourth-order valence-corrected chi connectivity index (χ4v) is 3.63. The summed E-state index contributed by atoms with van der Waals surface area (Å²) in [7, 11) is 9.44. The van der Waals surface area contributed by atoms with Gasteiger partial charge in [0.15, 0.2) is 0 Å². The van der Waals surface area contributed by atoms with Gasteiger partial charge in [0.25, 0.3) is 0 Å². The Kier molecular flexibility index (Phi) is 11.9. The highest BCUT2D eigenvalue weighted by Crippen LogP contribution is 2.22. The Morgan fingerprint density at radius 3 is 2.31 bits per heavy atom. The van der Waals surface area contributed by atoms with Crippen molar-refractivity contribution in [3.63, 3.8) is 0 Å². The second-order valence-electron chi connectivity index (χ2n) is 8.11. The molecule has 4 rings (SSSR count). The van der Waals surface area contributed by atoms with Crippen LogP contribution in [0, 0.1) is 0 Å². The average molecular weight is 477 g/mol. The first kappa shape index (κ1) is 28.0. The predicted octanol–water partition coefficient (Wildman–Crippen LogP) is 5.38. The molecular formula is C29H40N4O2. The van der Waals surface area contributed by atoms with Crippen molar-refractivity contribution in [2.45, 2.75) is 26.7 Å². The maximum Gasteiger partial charge on any atom is 0.213 e. The molecule has 6 heteroatoms. The Bertz CT molecular complexity index is 1180. The summed E-state index contributed by atoms with van der Waals surface area (Å²) in [6, 6.07) is 18.5. The number of aromatic nitrogens is 2. The molecule has 2 aromatic heterocycles. The minimum Gasteiger partial charge on any atom is -0.495 e. The van der Waals surface area contributed by atoms with Crippen molar-refractivity contribution >= 4 is 21.8 Å². The van der Waals surface area contributed by atoms with Crippen molar-refractivity contribution < 1.29 is 9.47 Å². The van der Waals surface area contributed by atoms with Crippen LogP contribution in [0.15, 0.2) is 60.8 Å². The summed E-state index contributed by atoms with van der Waals surface area (Å²) in [5.74, 6) is 1.49. The molecule has 1 N–H and O–H groups in total. The van der Waals surface area contributed by atoms with Gasteiger partial charge in [-0.2, -0.15) is 0 Å². The van der Waals surface area contributed by atoms with Crippen molar-refractivity contribution in [1.29, 1.82) is 0 Å². The molecule has 0 aliphatic rings. The number of fused-ring (bicyclic) bond motifs is 2. The summed E-state index contributed by atoms with van der Waals surface area (Å²) in [4.78, 5) is 11.1. The molecule has 0 radical (unpaired) electrons. The number of hydrogen-bond acceptors (Lipinski definition) is 6. The Labute approximate surface area is 210 Å². The molecular weight excluding hydrogens is 436 g/mol. The standard InChI is InChI=1S/C14H18N2O.C13H16N2O.C2H6/c1-16(2)10-9-12-6-4-5-11-7-8-13(17-3)15-14(11)12;1-14-7-6-10-4-3-5-13-12(10)8-11(16-2)9-15-13;1-2/h4-8H,9-10H2,1-3H3;3-5,8-9,14H,6-7H2,1-2H3;1-2H3. The quantitative estimate of drug-likeness (QED) is 0.368. The first-order valence-electron chi connectivity index (χ1n) is 12.2. The van der Waals surface area contributed by atoms with E-state index >= 15 is 0 Å². The number of hydrogen-bond donors (Lipinski definition) is 1. The Morgan fingerprint density at radius 2 is 1.63 bits per heavy atom. The molecule has 0 aliphatic heterocycles. The number of likely N-dealkylation sites (N-methyl/N-ethyl adjacent to an activating group) is 2. The molecule has 188 valence electrons. The van der Waals surface area contributed by atoms with Crippen molar-refractivity contribution in [2.75, 3.05) is 48.5 Å². The molecule has 6 nitrogen and oxygen atoms in total. The lowest BCUT2D eigenvalue weighted by atomic mass is 10.1. The van der Waals surface area contributed by atoms with Gasteiger partial charge < -0.3 is 19.7 Å². The molecule has 0 unspecified atom stereocenters. The van der Waals surface area contributed by atoms with Gasteiger partial charge in [-0.3, -0.25) is 4.98 Å². The number of ether oxygens (including phenoxy) is 2. The molecule has 0 amide bonds. The van der Waals surface area contributed by atoms with Crippen LogP contribution >= 0.6 is 0 Å². The van der Waals surface area contributed by atoms with Gasteiger partial charge in [0.1, 0.15) is 5.75 Å². The lowest BCUT2D eigenvalue weighted by Gasteiger charge is -2.11. The number of benzene rings is 2. The fourth-order valence-electron chi connectivity index (χ4n) is 3.63. The molecule has 0 bridgehead atoms. The van der Waals surface area contributed by atoms with E-state index in [1.165, 1.54) is 21.9 Å². The van der Waals surface area contributed by atoms with Crippen LogP contribution in [0.25, 0.3) is 21.8 Å². The van der Waals surface area contributed by atoms with Gasteiger partial charge >= 0.3 is 0 Å². The molecule has 0 aliphatic carbocycles. The summed E-state index contributed by atoms with van der Waals surface area (Å²) in [5.41, 5.74) is 4.65. The van der Waals surface area contributed by atoms with Gasteiger partial charge in [-0.05, 0) is 69.9 Å². The maximum absolute atomic E-state index is 5.20. The van der Waals surface area contributed by atoms with E-state index in [-0.39, 0.29) is 0 Å². The Balaban J connectivity index is 0.000000231. The number of methoxy groups -OCH3 is 2. The van der Waals surface area contributed by atoms with Crippen LogP contribution in [0.2, 0.25) is 0 Å². The van der Waals surface area contributed by atoms with E-state index in [1.807, 2.05) is 45.2 Å². The van der Waals surface area contributed by atoms with Gasteiger partial charge in [0.2, 0.25) is 5.88 Å². The van der Waals surface area contributed by atoms with E-state index in [2.05, 4.69) is 64.6 Å². The third kappa shape index (κ3) is 8.19. The zero-order valence-electron chi connectivity index (χ0n) is 22.3. The highest BCUT2D eigenvalue weighted by Gasteiger charge is 2.05. The van der Waals surface area contributed by atoms with Crippen molar-refractivity contribution in [3.05, 3.63) is 71.9 Å². The molecule has 2 aromatic carbocycles. The number of rotatable bonds is 8. The van der Waals surface area contributed by atoms with Crippen LogP contribution in [0.1, 0.15) is 25.0 Å². The number of nitrogens with zero attached hydrogens (tertiary/aromatic N) is 3. The van der Waals surface area contributed by atoms with E-state index in [1.54, 1.807) is 20.4 Å². The van der Waals surface area contributed by atoms with E-state index in [0.717, 1.165) is 42.7 Å². The number of para-hydroxylation sites is 1. The summed E-state index contributed by atoms with van der Waals surface area (Å²) in [6.45, 7) is 5.99. The van der Waals surface area contributed by atoms with Crippen LogP contribution in [0.5, 0.6) is 11.6 Å². The van der Waals surface area contributed by atoms with Crippen LogP contribution in [0.3, 0.4) is 0 Å². The second-order valence-corrected chi connectivity index (χ2v) is 8.11. The Morgan fingerprint density at radius 1 is 0.886 bits per heavy atom. The first-order chi connectivity index (χ1) is 17.0. The molecule has 0 fully saturated rings. The van der Waals surface area contributed by atoms with Gasteiger partial charge in [-0.1, -0.05) is 44.2 Å². The van der Waals surface area contributed by atoms with Gasteiger partial charge in [0.05, 0.1) is 31.4 Å². The van der Waals surface area contributed by atoms with Crippen molar-refractivity contribution in [3.8, 4) is 11.6 Å². The Hall–Kier alpha value is -3.22. The molecule has 2 heterocycles. The number of pyridine rings is 2. The smallest absolute Gasteiger partial charge is 0.213 e. The molecule has 0 saturated heterocycles. The zero-order chi connectivity index (χ0) is 25.6.